The monoisotopic (exact) mass is 355 g/mol. The zero-order valence-corrected chi connectivity index (χ0v) is 14.4. The molecule has 0 spiro atoms. The highest BCUT2D eigenvalue weighted by Crippen LogP contribution is 2.27. The van der Waals surface area contributed by atoms with Crippen LogP contribution in [-0.2, 0) is 16.1 Å². The number of halogens is 1. The molecule has 6 heteroatoms. The molecule has 0 bridgehead atoms. The van der Waals surface area contributed by atoms with E-state index >= 15 is 0 Å². The van der Waals surface area contributed by atoms with Gasteiger partial charge in [0.15, 0.2) is 0 Å². The Hall–Kier alpha value is -3.02. The molecule has 2 aromatic carbocycles. The highest BCUT2D eigenvalue weighted by Gasteiger charge is 2.44. The number of nitrogens with zero attached hydrogens (tertiary/aromatic N) is 1. The van der Waals surface area contributed by atoms with Crippen LogP contribution in [0.5, 0.6) is 0 Å². The molecule has 1 aliphatic heterocycles. The minimum absolute atomic E-state index is 0.0640. The Kier molecular flexibility index (Phi) is 4.84. The first-order valence-electron chi connectivity index (χ1n) is 8.28. The number of esters is 1. The van der Waals surface area contributed by atoms with Crippen LogP contribution < -0.4 is 0 Å². The lowest BCUT2D eigenvalue weighted by atomic mass is 10.0. The van der Waals surface area contributed by atoms with Gasteiger partial charge in [0.1, 0.15) is 18.5 Å². The standard InChI is InChI=1S/C20H18FNO4/c1-12(2)17(20(25)26-11-13-7-9-14(21)10-8-13)22-18(23)15-5-3-4-6-16(15)19(22)24/h3-10,12,17H,11H2,1-2H3/t17-/m1/s1. The minimum atomic E-state index is -1.03. The van der Waals surface area contributed by atoms with Gasteiger partial charge in [-0.2, -0.15) is 0 Å². The second kappa shape index (κ2) is 7.07. The van der Waals surface area contributed by atoms with Crippen molar-refractivity contribution in [3.05, 3.63) is 71.0 Å². The van der Waals surface area contributed by atoms with Gasteiger partial charge in [-0.15, -0.1) is 0 Å². The van der Waals surface area contributed by atoms with Crippen molar-refractivity contribution in [2.45, 2.75) is 26.5 Å². The highest BCUT2D eigenvalue weighted by molar-refractivity contribution is 6.22. The van der Waals surface area contributed by atoms with E-state index in [4.69, 9.17) is 4.74 Å². The minimum Gasteiger partial charge on any atom is -0.459 e. The number of carbonyl (C=O) groups excluding carboxylic acids is 3. The number of rotatable bonds is 5. The van der Waals surface area contributed by atoms with Crippen molar-refractivity contribution in [3.8, 4) is 0 Å². The number of amides is 2. The van der Waals surface area contributed by atoms with E-state index in [-0.39, 0.29) is 29.5 Å². The second-order valence-electron chi connectivity index (χ2n) is 6.45. The van der Waals surface area contributed by atoms with Gasteiger partial charge in [-0.05, 0) is 35.7 Å². The van der Waals surface area contributed by atoms with E-state index in [2.05, 4.69) is 0 Å². The molecule has 0 saturated carbocycles. The SMILES string of the molecule is CC(C)[C@H](C(=O)OCc1ccc(F)cc1)N1C(=O)c2ccccc2C1=O. The van der Waals surface area contributed by atoms with Gasteiger partial charge in [-0.3, -0.25) is 14.5 Å². The Labute approximate surface area is 150 Å². The molecule has 0 fully saturated rings. The number of ether oxygens (including phenoxy) is 1. The summed E-state index contributed by atoms with van der Waals surface area (Å²) in [4.78, 5) is 38.8. The van der Waals surface area contributed by atoms with Crippen molar-refractivity contribution in [2.75, 3.05) is 0 Å². The summed E-state index contributed by atoms with van der Waals surface area (Å²) in [6, 6.07) is 11.0. The molecule has 1 aliphatic rings. The fraction of sp³-hybridized carbons (Fsp3) is 0.250. The summed E-state index contributed by atoms with van der Waals surface area (Å²) in [5, 5.41) is 0. The van der Waals surface area contributed by atoms with Crippen molar-refractivity contribution in [1.82, 2.24) is 4.90 Å². The average Bonchev–Trinajstić information content (AvgIpc) is 2.87. The van der Waals surface area contributed by atoms with Gasteiger partial charge in [0.2, 0.25) is 0 Å². The molecule has 0 aromatic heterocycles. The predicted octanol–water partition coefficient (Wildman–Crippen LogP) is 3.19. The van der Waals surface area contributed by atoms with Crippen molar-refractivity contribution < 1.29 is 23.5 Å². The molecule has 5 nitrogen and oxygen atoms in total. The van der Waals surface area contributed by atoms with E-state index in [0.717, 1.165) is 4.90 Å². The van der Waals surface area contributed by atoms with E-state index in [9.17, 15) is 18.8 Å². The summed E-state index contributed by atoms with van der Waals surface area (Å²) in [5.41, 5.74) is 1.19. The third-order valence-electron chi connectivity index (χ3n) is 4.27. The number of benzene rings is 2. The van der Waals surface area contributed by atoms with Gasteiger partial charge in [0, 0.05) is 0 Å². The molecule has 3 rings (SSSR count). The fourth-order valence-corrected chi connectivity index (χ4v) is 2.96. The zero-order chi connectivity index (χ0) is 18.8. The molecular formula is C20H18FNO4. The number of hydrogen-bond acceptors (Lipinski definition) is 4. The lowest BCUT2D eigenvalue weighted by Crippen LogP contribution is -2.48. The van der Waals surface area contributed by atoms with E-state index in [1.807, 2.05) is 0 Å². The van der Waals surface area contributed by atoms with Crippen LogP contribution in [0.4, 0.5) is 4.39 Å². The number of hydrogen-bond donors (Lipinski definition) is 0. The summed E-state index contributed by atoms with van der Waals surface area (Å²) in [6.07, 6.45) is 0. The Morgan fingerprint density at radius 1 is 1.00 bits per heavy atom. The molecule has 1 atom stereocenters. The van der Waals surface area contributed by atoms with Gasteiger partial charge in [-0.25, -0.2) is 9.18 Å². The molecule has 2 amide bonds. The largest absolute Gasteiger partial charge is 0.459 e. The maximum atomic E-state index is 13.0. The van der Waals surface area contributed by atoms with Gasteiger partial charge in [0.05, 0.1) is 11.1 Å². The number of fused-ring (bicyclic) bond motifs is 1. The van der Waals surface area contributed by atoms with Crippen molar-refractivity contribution in [3.63, 3.8) is 0 Å². The molecular weight excluding hydrogens is 337 g/mol. The van der Waals surface area contributed by atoms with Gasteiger partial charge >= 0.3 is 5.97 Å². The molecule has 0 aliphatic carbocycles. The zero-order valence-electron chi connectivity index (χ0n) is 14.4. The quantitative estimate of drug-likeness (QED) is 0.610. The van der Waals surface area contributed by atoms with E-state index in [0.29, 0.717) is 5.56 Å². The Morgan fingerprint density at radius 2 is 1.54 bits per heavy atom. The van der Waals surface area contributed by atoms with E-state index in [1.54, 1.807) is 38.1 Å². The van der Waals surface area contributed by atoms with Gasteiger partial charge in [0.25, 0.3) is 11.8 Å². The van der Waals surface area contributed by atoms with Gasteiger partial charge in [-0.1, -0.05) is 38.1 Å². The van der Waals surface area contributed by atoms with Crippen LogP contribution in [0.25, 0.3) is 0 Å². The number of carbonyl (C=O) groups is 3. The first-order valence-corrected chi connectivity index (χ1v) is 8.28. The van der Waals surface area contributed by atoms with Crippen LogP contribution in [0.15, 0.2) is 48.5 Å². The van der Waals surface area contributed by atoms with Crippen molar-refractivity contribution in [2.24, 2.45) is 5.92 Å². The first kappa shape index (κ1) is 17.8. The molecule has 134 valence electrons. The Balaban J connectivity index is 1.79. The van der Waals surface area contributed by atoms with Crippen LogP contribution in [-0.4, -0.2) is 28.7 Å². The van der Waals surface area contributed by atoms with Crippen LogP contribution in [0.2, 0.25) is 0 Å². The fourth-order valence-electron chi connectivity index (χ4n) is 2.96. The predicted molar refractivity (Wildman–Crippen MR) is 91.8 cm³/mol. The average molecular weight is 355 g/mol. The smallest absolute Gasteiger partial charge is 0.329 e. The van der Waals surface area contributed by atoms with E-state index in [1.165, 1.54) is 24.3 Å². The van der Waals surface area contributed by atoms with Crippen LogP contribution >= 0.6 is 0 Å². The van der Waals surface area contributed by atoms with Crippen LogP contribution in [0, 0.1) is 11.7 Å². The maximum Gasteiger partial charge on any atom is 0.329 e. The summed E-state index contributed by atoms with van der Waals surface area (Å²) in [6.45, 7) is 3.42. The van der Waals surface area contributed by atoms with Crippen LogP contribution in [0.3, 0.4) is 0 Å². The Morgan fingerprint density at radius 3 is 2.04 bits per heavy atom. The summed E-state index contributed by atoms with van der Waals surface area (Å²) >= 11 is 0. The third-order valence-corrected chi connectivity index (χ3v) is 4.27. The molecule has 0 N–H and O–H groups in total. The van der Waals surface area contributed by atoms with E-state index < -0.39 is 23.8 Å². The summed E-state index contributed by atoms with van der Waals surface area (Å²) in [5.74, 6) is -2.37. The molecule has 0 unspecified atom stereocenters. The molecule has 0 radical (unpaired) electrons. The first-order chi connectivity index (χ1) is 12.4. The maximum absolute atomic E-state index is 13.0. The number of imide groups is 1. The Bertz CT molecular complexity index is 825. The molecule has 26 heavy (non-hydrogen) atoms. The highest BCUT2D eigenvalue weighted by atomic mass is 19.1. The van der Waals surface area contributed by atoms with Gasteiger partial charge < -0.3 is 4.74 Å². The summed E-state index contributed by atoms with van der Waals surface area (Å²) in [7, 11) is 0. The van der Waals surface area contributed by atoms with Crippen molar-refractivity contribution >= 4 is 17.8 Å². The topological polar surface area (TPSA) is 63.7 Å². The normalized spacial score (nSPS) is 14.5. The molecule has 1 heterocycles. The molecule has 0 saturated heterocycles. The van der Waals surface area contributed by atoms with Crippen LogP contribution in [0.1, 0.15) is 40.1 Å². The third kappa shape index (κ3) is 3.22. The lowest BCUT2D eigenvalue weighted by Gasteiger charge is -2.27. The molecule has 2 aromatic rings. The second-order valence-corrected chi connectivity index (χ2v) is 6.45. The van der Waals surface area contributed by atoms with Crippen molar-refractivity contribution in [1.29, 1.82) is 0 Å². The lowest BCUT2D eigenvalue weighted by molar-refractivity contribution is -0.151. The summed E-state index contributed by atoms with van der Waals surface area (Å²) < 4.78 is 18.2.